The highest BCUT2D eigenvalue weighted by Crippen LogP contribution is 2.47. The summed E-state index contributed by atoms with van der Waals surface area (Å²) < 4.78 is 5.79. The number of nitrogens with zero attached hydrogens (tertiary/aromatic N) is 1. The van der Waals surface area contributed by atoms with Crippen LogP contribution in [0.25, 0.3) is 0 Å². The molecule has 174 valence electrons. The number of hydrogen-bond donors (Lipinski definition) is 3. The number of ether oxygens (including phenoxy) is 1. The zero-order chi connectivity index (χ0) is 21.4. The minimum atomic E-state index is -0.638. The normalized spacial score (nSPS) is 30.2. The lowest BCUT2D eigenvalue weighted by molar-refractivity contribution is -0.134. The van der Waals surface area contributed by atoms with Gasteiger partial charge in [0.25, 0.3) is 0 Å². The van der Waals surface area contributed by atoms with E-state index in [0.29, 0.717) is 18.8 Å². The average Bonchev–Trinajstić information content (AvgIpc) is 3.17. The van der Waals surface area contributed by atoms with Crippen molar-refractivity contribution in [3.05, 3.63) is 0 Å². The maximum atomic E-state index is 12.7. The zero-order valence-electron chi connectivity index (χ0n) is 19.3. The number of nitrogens with one attached hydrogen (secondary N) is 2. The second-order valence-electron chi connectivity index (χ2n) is 10.1. The van der Waals surface area contributed by atoms with Crippen molar-refractivity contribution < 1.29 is 14.6 Å². The van der Waals surface area contributed by atoms with Crippen LogP contribution in [-0.4, -0.2) is 59.6 Å². The van der Waals surface area contributed by atoms with Gasteiger partial charge in [-0.15, -0.1) is 0 Å². The highest BCUT2D eigenvalue weighted by atomic mass is 16.5. The van der Waals surface area contributed by atoms with Crippen molar-refractivity contribution in [3.63, 3.8) is 0 Å². The molecule has 1 amide bonds. The van der Waals surface area contributed by atoms with Crippen LogP contribution >= 0.6 is 0 Å². The van der Waals surface area contributed by atoms with Crippen LogP contribution < -0.4 is 10.6 Å². The summed E-state index contributed by atoms with van der Waals surface area (Å²) in [6.07, 6.45) is 15.3. The van der Waals surface area contributed by atoms with Crippen LogP contribution in [0, 0.1) is 5.92 Å². The number of amides is 1. The third-order valence-electron chi connectivity index (χ3n) is 7.53. The number of rotatable bonds is 14. The molecule has 0 aromatic heterocycles. The van der Waals surface area contributed by atoms with E-state index in [0.717, 1.165) is 38.6 Å². The molecule has 1 unspecified atom stereocenters. The molecule has 1 aliphatic heterocycles. The Morgan fingerprint density at radius 3 is 2.70 bits per heavy atom. The Kier molecular flexibility index (Phi) is 9.42. The number of carbonyl (C=O) groups is 1. The Labute approximate surface area is 183 Å². The van der Waals surface area contributed by atoms with Crippen LogP contribution in [-0.2, 0) is 9.53 Å². The fourth-order valence-electron chi connectivity index (χ4n) is 5.40. The molecule has 0 spiro atoms. The first-order valence-electron chi connectivity index (χ1n) is 12.6. The quantitative estimate of drug-likeness (QED) is 0.294. The van der Waals surface area contributed by atoms with E-state index in [4.69, 9.17) is 4.74 Å². The molecule has 3 fully saturated rings. The standard InChI is InChI=1S/C24H45N3O3/c1-3-4-5-6-7-11-19-16-24(19,2)26-23(29)21-14-10-15-27(21)22(28)17-25-18-30-20-12-8-9-13-20/h19-21,23,25-26,29H,3-18H2,1-2H3/t19-,21+,23?,24-/m1/s1. The van der Waals surface area contributed by atoms with E-state index in [2.05, 4.69) is 24.5 Å². The number of aliphatic hydroxyl groups is 1. The number of aliphatic hydroxyl groups excluding tert-OH is 1. The second kappa shape index (κ2) is 11.8. The predicted octanol–water partition coefficient (Wildman–Crippen LogP) is 3.53. The van der Waals surface area contributed by atoms with Crippen LogP contribution in [0.3, 0.4) is 0 Å². The summed E-state index contributed by atoms with van der Waals surface area (Å²) in [5.74, 6) is 0.732. The van der Waals surface area contributed by atoms with Gasteiger partial charge in [-0.1, -0.05) is 51.9 Å². The largest absolute Gasteiger partial charge is 0.376 e. The third-order valence-corrected chi connectivity index (χ3v) is 7.53. The van der Waals surface area contributed by atoms with Crippen LogP contribution in [0.15, 0.2) is 0 Å². The molecular weight excluding hydrogens is 378 g/mol. The zero-order valence-corrected chi connectivity index (χ0v) is 19.3. The van der Waals surface area contributed by atoms with Gasteiger partial charge >= 0.3 is 0 Å². The lowest BCUT2D eigenvalue weighted by atomic mass is 10.1. The smallest absolute Gasteiger partial charge is 0.236 e. The Morgan fingerprint density at radius 2 is 1.93 bits per heavy atom. The maximum absolute atomic E-state index is 12.7. The third kappa shape index (κ3) is 6.91. The summed E-state index contributed by atoms with van der Waals surface area (Å²) in [6.45, 7) is 5.95. The molecule has 4 atom stereocenters. The lowest BCUT2D eigenvalue weighted by Crippen LogP contribution is -2.54. The number of unbranched alkanes of at least 4 members (excludes halogenated alkanes) is 4. The SMILES string of the molecule is CCCCCCC[C@@H]1C[C@@]1(C)NC(O)[C@@H]1CCCN1C(=O)CNCOC1CCCC1. The van der Waals surface area contributed by atoms with Gasteiger partial charge in [0, 0.05) is 12.1 Å². The molecule has 1 heterocycles. The van der Waals surface area contributed by atoms with E-state index in [1.807, 2.05) is 4.90 Å². The maximum Gasteiger partial charge on any atom is 0.236 e. The highest BCUT2D eigenvalue weighted by molar-refractivity contribution is 5.78. The van der Waals surface area contributed by atoms with Crippen molar-refractivity contribution >= 4 is 5.91 Å². The Bertz CT molecular complexity index is 526. The monoisotopic (exact) mass is 423 g/mol. The van der Waals surface area contributed by atoms with Crippen LogP contribution in [0.4, 0.5) is 0 Å². The minimum Gasteiger partial charge on any atom is -0.376 e. The van der Waals surface area contributed by atoms with E-state index >= 15 is 0 Å². The summed E-state index contributed by atoms with van der Waals surface area (Å²) in [5, 5.41) is 17.5. The Hall–Kier alpha value is -0.690. The van der Waals surface area contributed by atoms with E-state index < -0.39 is 6.23 Å². The summed E-state index contributed by atoms with van der Waals surface area (Å²) >= 11 is 0. The van der Waals surface area contributed by atoms with Crippen molar-refractivity contribution in [2.45, 2.75) is 121 Å². The van der Waals surface area contributed by atoms with Crippen LogP contribution in [0.5, 0.6) is 0 Å². The number of likely N-dealkylation sites (tertiary alicyclic amines) is 1. The molecule has 2 aliphatic carbocycles. The fourth-order valence-corrected chi connectivity index (χ4v) is 5.40. The van der Waals surface area contributed by atoms with Crippen molar-refractivity contribution in [2.24, 2.45) is 5.92 Å². The molecule has 1 saturated heterocycles. The van der Waals surface area contributed by atoms with Gasteiger partial charge in [-0.25, -0.2) is 0 Å². The van der Waals surface area contributed by atoms with Crippen LogP contribution in [0.1, 0.15) is 97.3 Å². The van der Waals surface area contributed by atoms with Crippen molar-refractivity contribution in [3.8, 4) is 0 Å². The molecule has 3 rings (SSSR count). The summed E-state index contributed by atoms with van der Waals surface area (Å²) in [4.78, 5) is 14.6. The Balaban J connectivity index is 1.34. The van der Waals surface area contributed by atoms with Crippen molar-refractivity contribution in [1.82, 2.24) is 15.5 Å². The van der Waals surface area contributed by atoms with Gasteiger partial charge in [-0.05, 0) is 51.4 Å². The van der Waals surface area contributed by atoms with Gasteiger partial charge < -0.3 is 14.7 Å². The number of carbonyl (C=O) groups excluding carboxylic acids is 1. The van der Waals surface area contributed by atoms with Gasteiger partial charge in [-0.2, -0.15) is 0 Å². The molecule has 0 bridgehead atoms. The molecule has 2 saturated carbocycles. The highest BCUT2D eigenvalue weighted by Gasteiger charge is 2.51. The van der Waals surface area contributed by atoms with Crippen LogP contribution in [0.2, 0.25) is 0 Å². The molecular formula is C24H45N3O3. The number of hydrogen-bond acceptors (Lipinski definition) is 5. The summed E-state index contributed by atoms with van der Waals surface area (Å²) in [5.41, 5.74) is 0.0366. The molecule has 6 nitrogen and oxygen atoms in total. The summed E-state index contributed by atoms with van der Waals surface area (Å²) in [7, 11) is 0. The topological polar surface area (TPSA) is 73.8 Å². The Morgan fingerprint density at radius 1 is 1.17 bits per heavy atom. The minimum absolute atomic E-state index is 0.0366. The molecule has 0 radical (unpaired) electrons. The molecule has 6 heteroatoms. The molecule has 0 aromatic rings. The lowest BCUT2D eigenvalue weighted by Gasteiger charge is -2.31. The molecule has 30 heavy (non-hydrogen) atoms. The predicted molar refractivity (Wildman–Crippen MR) is 120 cm³/mol. The molecule has 3 N–H and O–H groups in total. The van der Waals surface area contributed by atoms with E-state index in [-0.39, 0.29) is 24.0 Å². The first kappa shape index (κ1) is 24.0. The van der Waals surface area contributed by atoms with Gasteiger partial charge in [0.2, 0.25) is 5.91 Å². The summed E-state index contributed by atoms with van der Waals surface area (Å²) in [6, 6.07) is -0.113. The van der Waals surface area contributed by atoms with Gasteiger partial charge in [-0.3, -0.25) is 15.4 Å². The van der Waals surface area contributed by atoms with E-state index in [1.165, 1.54) is 51.4 Å². The van der Waals surface area contributed by atoms with Crippen molar-refractivity contribution in [2.75, 3.05) is 19.8 Å². The first-order valence-corrected chi connectivity index (χ1v) is 12.6. The van der Waals surface area contributed by atoms with E-state index in [9.17, 15) is 9.90 Å². The average molecular weight is 424 g/mol. The van der Waals surface area contributed by atoms with Gasteiger partial charge in [0.1, 0.15) is 6.23 Å². The second-order valence-corrected chi connectivity index (χ2v) is 10.1. The van der Waals surface area contributed by atoms with E-state index in [1.54, 1.807) is 0 Å². The fraction of sp³-hybridized carbons (Fsp3) is 0.958. The van der Waals surface area contributed by atoms with Gasteiger partial charge in [0.05, 0.1) is 25.4 Å². The first-order chi connectivity index (χ1) is 14.5. The molecule has 0 aromatic carbocycles. The molecule has 3 aliphatic rings. The van der Waals surface area contributed by atoms with Crippen molar-refractivity contribution in [1.29, 1.82) is 0 Å². The van der Waals surface area contributed by atoms with Gasteiger partial charge in [0.15, 0.2) is 0 Å².